The summed E-state index contributed by atoms with van der Waals surface area (Å²) >= 11 is 6.44. The Hall–Kier alpha value is -2.35. The predicted molar refractivity (Wildman–Crippen MR) is 99.4 cm³/mol. The lowest BCUT2D eigenvalue weighted by Crippen LogP contribution is -2.32. The first-order valence-electron chi connectivity index (χ1n) is 8.82. The van der Waals surface area contributed by atoms with E-state index in [0.717, 1.165) is 23.3 Å². The molecule has 5 rings (SSSR count). The fourth-order valence-electron chi connectivity index (χ4n) is 3.58. The highest BCUT2D eigenvalue weighted by atomic mass is 35.5. The summed E-state index contributed by atoms with van der Waals surface area (Å²) in [4.78, 5) is 12.2. The van der Waals surface area contributed by atoms with Gasteiger partial charge in [-0.25, -0.2) is 4.98 Å². The van der Waals surface area contributed by atoms with E-state index in [-0.39, 0.29) is 18.3 Å². The van der Waals surface area contributed by atoms with Crippen molar-refractivity contribution in [2.24, 2.45) is 0 Å². The van der Waals surface area contributed by atoms with Crippen LogP contribution in [0.15, 0.2) is 30.3 Å². The Kier molecular flexibility index (Phi) is 4.15. The summed E-state index contributed by atoms with van der Waals surface area (Å²) in [5.41, 5.74) is 2.81. The van der Waals surface area contributed by atoms with Gasteiger partial charge in [0.05, 0.1) is 36.1 Å². The number of imidazole rings is 1. The summed E-state index contributed by atoms with van der Waals surface area (Å²) in [5, 5.41) is 0.534. The summed E-state index contributed by atoms with van der Waals surface area (Å²) < 4.78 is 22.6. The molecular formula is C19H18ClN3O4. The molecule has 0 aliphatic carbocycles. The van der Waals surface area contributed by atoms with Crippen molar-refractivity contribution in [3.05, 3.63) is 35.4 Å². The van der Waals surface area contributed by atoms with Gasteiger partial charge in [-0.1, -0.05) is 11.6 Å². The molecule has 7 nitrogen and oxygen atoms in total. The molecule has 0 spiro atoms. The van der Waals surface area contributed by atoms with Crippen LogP contribution in [-0.4, -0.2) is 53.6 Å². The molecule has 8 heteroatoms. The molecule has 1 N–H and O–H groups in total. The quantitative estimate of drug-likeness (QED) is 0.740. The Morgan fingerprint density at radius 1 is 1.19 bits per heavy atom. The Morgan fingerprint density at radius 2 is 2.04 bits per heavy atom. The van der Waals surface area contributed by atoms with Crippen LogP contribution in [0.25, 0.3) is 22.4 Å². The highest BCUT2D eigenvalue weighted by Crippen LogP contribution is 2.32. The monoisotopic (exact) mass is 387 g/mol. The lowest BCUT2D eigenvalue weighted by Gasteiger charge is -2.15. The summed E-state index contributed by atoms with van der Waals surface area (Å²) in [6, 6.07) is 9.77. The van der Waals surface area contributed by atoms with E-state index in [2.05, 4.69) is 15.0 Å². The summed E-state index contributed by atoms with van der Waals surface area (Å²) in [6.45, 7) is 1.20. The van der Waals surface area contributed by atoms with Crippen LogP contribution >= 0.6 is 11.6 Å². The molecule has 2 fully saturated rings. The van der Waals surface area contributed by atoms with Crippen LogP contribution < -0.4 is 9.47 Å². The molecule has 2 saturated heterocycles. The van der Waals surface area contributed by atoms with E-state index in [1.807, 2.05) is 30.3 Å². The van der Waals surface area contributed by atoms with E-state index in [9.17, 15) is 0 Å². The number of hydrogen-bond acceptors (Lipinski definition) is 6. The zero-order valence-electron chi connectivity index (χ0n) is 14.6. The number of nitrogens with zero attached hydrogens (tertiary/aromatic N) is 2. The van der Waals surface area contributed by atoms with Gasteiger partial charge in [-0.2, -0.15) is 4.98 Å². The van der Waals surface area contributed by atoms with Gasteiger partial charge < -0.3 is 23.9 Å². The topological polar surface area (TPSA) is 78.5 Å². The molecule has 2 aliphatic rings. The number of fused-ring (bicyclic) bond motifs is 2. The SMILES string of the molecule is COc1ccc(-c2nc3nc(O[C@@H]4CO[C@@H]5CCO[C@@H]54)[nH]c3cc2Cl)cc1. The third-order valence-corrected chi connectivity index (χ3v) is 5.24. The van der Waals surface area contributed by atoms with E-state index in [1.54, 1.807) is 7.11 Å². The number of H-pyrrole nitrogens is 1. The van der Waals surface area contributed by atoms with Crippen molar-refractivity contribution >= 4 is 22.8 Å². The fraction of sp³-hybridized carbons (Fsp3) is 0.368. The zero-order valence-corrected chi connectivity index (χ0v) is 15.4. The maximum atomic E-state index is 6.44. The largest absolute Gasteiger partial charge is 0.497 e. The van der Waals surface area contributed by atoms with E-state index in [1.165, 1.54) is 0 Å². The van der Waals surface area contributed by atoms with Crippen molar-refractivity contribution in [1.29, 1.82) is 0 Å². The van der Waals surface area contributed by atoms with Gasteiger partial charge in [0.1, 0.15) is 11.9 Å². The van der Waals surface area contributed by atoms with Crippen LogP contribution in [-0.2, 0) is 9.47 Å². The second-order valence-corrected chi connectivity index (χ2v) is 7.02. The average Bonchev–Trinajstić information content (AvgIpc) is 3.38. The van der Waals surface area contributed by atoms with Crippen LogP contribution in [0.5, 0.6) is 11.8 Å². The summed E-state index contributed by atoms with van der Waals surface area (Å²) in [6.07, 6.45) is 0.820. The van der Waals surface area contributed by atoms with Crippen LogP contribution in [0.2, 0.25) is 5.02 Å². The number of pyridine rings is 1. The van der Waals surface area contributed by atoms with E-state index in [4.69, 9.17) is 30.5 Å². The van der Waals surface area contributed by atoms with Crippen molar-refractivity contribution in [2.75, 3.05) is 20.3 Å². The minimum Gasteiger partial charge on any atom is -0.497 e. The standard InChI is InChI=1S/C19H18ClN3O4/c1-24-11-4-2-10(3-5-11)16-12(20)8-13-18(22-16)23-19(21-13)27-15-9-26-14-6-7-25-17(14)15/h2-5,8,14-15,17H,6-7,9H2,1H3,(H,21,22,23)/t14-,15-,17+/m1/s1. The van der Waals surface area contributed by atoms with Gasteiger partial charge in [0, 0.05) is 12.2 Å². The summed E-state index contributed by atoms with van der Waals surface area (Å²) in [7, 11) is 1.63. The van der Waals surface area contributed by atoms with Crippen molar-refractivity contribution in [3.63, 3.8) is 0 Å². The highest BCUT2D eigenvalue weighted by molar-refractivity contribution is 6.33. The maximum Gasteiger partial charge on any atom is 0.296 e. The third-order valence-electron chi connectivity index (χ3n) is 4.95. The molecule has 0 bridgehead atoms. The minimum atomic E-state index is -0.172. The molecule has 140 valence electrons. The van der Waals surface area contributed by atoms with Gasteiger partial charge in [0.15, 0.2) is 11.8 Å². The molecule has 0 radical (unpaired) electrons. The number of ether oxygens (including phenoxy) is 4. The number of benzene rings is 1. The number of aromatic amines is 1. The smallest absolute Gasteiger partial charge is 0.296 e. The molecule has 3 atom stereocenters. The molecular weight excluding hydrogens is 370 g/mol. The summed E-state index contributed by atoms with van der Waals surface area (Å²) in [5.74, 6) is 0.776. The van der Waals surface area contributed by atoms with Gasteiger partial charge >= 0.3 is 0 Å². The number of nitrogens with one attached hydrogen (secondary N) is 1. The van der Waals surface area contributed by atoms with E-state index in [0.29, 0.717) is 35.6 Å². The molecule has 4 heterocycles. The number of halogens is 1. The molecule has 0 saturated carbocycles. The van der Waals surface area contributed by atoms with E-state index < -0.39 is 0 Å². The van der Waals surface area contributed by atoms with Crippen molar-refractivity contribution in [3.8, 4) is 23.0 Å². The Labute approximate surface area is 160 Å². The van der Waals surface area contributed by atoms with Crippen LogP contribution in [0, 0.1) is 0 Å². The first kappa shape index (κ1) is 16.8. The maximum absolute atomic E-state index is 6.44. The molecule has 2 aliphatic heterocycles. The Balaban J connectivity index is 1.43. The lowest BCUT2D eigenvalue weighted by molar-refractivity contribution is 0.0273. The average molecular weight is 388 g/mol. The lowest BCUT2D eigenvalue weighted by atomic mass is 10.1. The first-order chi connectivity index (χ1) is 13.2. The van der Waals surface area contributed by atoms with Gasteiger partial charge in [-0.05, 0) is 36.8 Å². The third kappa shape index (κ3) is 3.01. The first-order valence-corrected chi connectivity index (χ1v) is 9.19. The van der Waals surface area contributed by atoms with Crippen molar-refractivity contribution in [2.45, 2.75) is 24.7 Å². The second kappa shape index (κ2) is 6.67. The van der Waals surface area contributed by atoms with Gasteiger partial charge in [-0.3, -0.25) is 0 Å². The van der Waals surface area contributed by atoms with Crippen LogP contribution in [0.4, 0.5) is 0 Å². The van der Waals surface area contributed by atoms with Crippen molar-refractivity contribution in [1.82, 2.24) is 15.0 Å². The molecule has 27 heavy (non-hydrogen) atoms. The normalized spacial score (nSPS) is 24.3. The highest BCUT2D eigenvalue weighted by Gasteiger charge is 2.43. The molecule has 3 aromatic rings. The van der Waals surface area contributed by atoms with Crippen LogP contribution in [0.3, 0.4) is 0 Å². The number of hydrogen-bond donors (Lipinski definition) is 1. The predicted octanol–water partition coefficient (Wildman–Crippen LogP) is 3.22. The van der Waals surface area contributed by atoms with Gasteiger partial charge in [0.25, 0.3) is 6.01 Å². The zero-order chi connectivity index (χ0) is 18.4. The minimum absolute atomic E-state index is 0.0374. The van der Waals surface area contributed by atoms with Crippen LogP contribution in [0.1, 0.15) is 6.42 Å². The Bertz CT molecular complexity index is 975. The van der Waals surface area contributed by atoms with Crippen molar-refractivity contribution < 1.29 is 18.9 Å². The van der Waals surface area contributed by atoms with Gasteiger partial charge in [-0.15, -0.1) is 0 Å². The van der Waals surface area contributed by atoms with E-state index >= 15 is 0 Å². The Morgan fingerprint density at radius 3 is 2.85 bits per heavy atom. The van der Waals surface area contributed by atoms with Gasteiger partial charge in [0.2, 0.25) is 0 Å². The number of aromatic nitrogens is 3. The molecule has 0 unspecified atom stereocenters. The number of rotatable bonds is 4. The molecule has 1 aromatic carbocycles. The second-order valence-electron chi connectivity index (χ2n) is 6.61. The fourth-order valence-corrected chi connectivity index (χ4v) is 3.84. The molecule has 2 aromatic heterocycles. The molecule has 0 amide bonds. The number of methoxy groups -OCH3 is 1.